The number of hydrogen-bond acceptors (Lipinski definition) is 4. The molecule has 0 aromatic heterocycles. The molecule has 114 valence electrons. The molecule has 2 aliphatic heterocycles. The van der Waals surface area contributed by atoms with Crippen LogP contribution in [0.2, 0.25) is 0 Å². The van der Waals surface area contributed by atoms with Crippen molar-refractivity contribution in [3.8, 4) is 11.5 Å². The summed E-state index contributed by atoms with van der Waals surface area (Å²) in [6.45, 7) is 3.43. The Hall–Kier alpha value is -1.27. The van der Waals surface area contributed by atoms with Crippen molar-refractivity contribution in [1.29, 1.82) is 0 Å². The van der Waals surface area contributed by atoms with Gasteiger partial charge in [-0.1, -0.05) is 0 Å². The number of aromatic hydroxyl groups is 1. The average Bonchev–Trinajstić information content (AvgIpc) is 2.83. The Kier molecular flexibility index (Phi) is 4.08. The number of halogens is 1. The van der Waals surface area contributed by atoms with Gasteiger partial charge in [0.1, 0.15) is 0 Å². The smallest absolute Gasteiger partial charge is 0.222 e. The normalized spacial score (nSPS) is 22.5. The first kappa shape index (κ1) is 14.7. The lowest BCUT2D eigenvalue weighted by Gasteiger charge is -2.37. The van der Waals surface area contributed by atoms with Gasteiger partial charge in [0.05, 0.1) is 11.6 Å². The van der Waals surface area contributed by atoms with Crippen molar-refractivity contribution < 1.29 is 14.6 Å². The van der Waals surface area contributed by atoms with E-state index in [9.17, 15) is 9.90 Å². The van der Waals surface area contributed by atoms with Crippen molar-refractivity contribution in [3.05, 3.63) is 22.2 Å². The van der Waals surface area contributed by atoms with Gasteiger partial charge in [0.2, 0.25) is 5.91 Å². The number of methoxy groups -OCH3 is 1. The Morgan fingerprint density at radius 3 is 3.00 bits per heavy atom. The van der Waals surface area contributed by atoms with E-state index in [4.69, 9.17) is 4.74 Å². The summed E-state index contributed by atoms with van der Waals surface area (Å²) in [7, 11) is 1.55. The number of fused-ring (bicyclic) bond motifs is 1. The van der Waals surface area contributed by atoms with Gasteiger partial charge in [-0.05, 0) is 40.0 Å². The number of ether oxygens (including phenoxy) is 1. The second-order valence-electron chi connectivity index (χ2n) is 5.64. The molecule has 0 saturated carbocycles. The fraction of sp³-hybridized carbons (Fsp3) is 0.533. The molecule has 21 heavy (non-hydrogen) atoms. The van der Waals surface area contributed by atoms with Crippen LogP contribution < -0.4 is 4.74 Å². The third-order valence-electron chi connectivity index (χ3n) is 4.29. The monoisotopic (exact) mass is 354 g/mol. The molecule has 1 unspecified atom stereocenters. The molecule has 1 aromatic rings. The van der Waals surface area contributed by atoms with Crippen LogP contribution in [0.3, 0.4) is 0 Å². The van der Waals surface area contributed by atoms with E-state index in [1.807, 2.05) is 17.0 Å². The number of phenolic OH excluding ortho intramolecular Hbond substituents is 1. The van der Waals surface area contributed by atoms with Gasteiger partial charge in [-0.3, -0.25) is 9.69 Å². The van der Waals surface area contributed by atoms with Crippen molar-refractivity contribution in [2.24, 2.45) is 0 Å². The summed E-state index contributed by atoms with van der Waals surface area (Å²) in [5, 5.41) is 9.85. The first-order valence-electron chi connectivity index (χ1n) is 7.15. The lowest BCUT2D eigenvalue weighted by molar-refractivity contribution is -0.130. The molecule has 0 radical (unpaired) electrons. The molecule has 2 fully saturated rings. The molecule has 1 aromatic carbocycles. The molecule has 1 N–H and O–H groups in total. The third kappa shape index (κ3) is 2.87. The number of piperazine rings is 1. The largest absolute Gasteiger partial charge is 0.503 e. The third-order valence-corrected chi connectivity index (χ3v) is 4.90. The zero-order valence-electron chi connectivity index (χ0n) is 12.0. The van der Waals surface area contributed by atoms with Crippen molar-refractivity contribution >= 4 is 21.8 Å². The van der Waals surface area contributed by atoms with E-state index in [0.717, 1.165) is 38.2 Å². The molecule has 5 nitrogen and oxygen atoms in total. The number of rotatable bonds is 3. The summed E-state index contributed by atoms with van der Waals surface area (Å²) in [6, 6.07) is 4.16. The maximum Gasteiger partial charge on any atom is 0.222 e. The number of nitrogens with zero attached hydrogens (tertiary/aromatic N) is 2. The van der Waals surface area contributed by atoms with Crippen molar-refractivity contribution in [3.63, 3.8) is 0 Å². The summed E-state index contributed by atoms with van der Waals surface area (Å²) in [5.41, 5.74) is 1.09. The topological polar surface area (TPSA) is 53.0 Å². The number of carbonyl (C=O) groups excluding carboxylic acids is 1. The summed E-state index contributed by atoms with van der Waals surface area (Å²) >= 11 is 3.35. The SMILES string of the molecule is COc1cc(CN2CCN3C(=O)CCC3C2)cc(Br)c1O. The Labute approximate surface area is 132 Å². The molecule has 0 bridgehead atoms. The van der Waals surface area contributed by atoms with Crippen LogP contribution in [0.25, 0.3) is 0 Å². The predicted molar refractivity (Wildman–Crippen MR) is 82.4 cm³/mol. The number of amides is 1. The summed E-state index contributed by atoms with van der Waals surface area (Å²) in [6.07, 6.45) is 1.66. The fourth-order valence-corrected chi connectivity index (χ4v) is 3.69. The maximum atomic E-state index is 11.7. The highest BCUT2D eigenvalue weighted by atomic mass is 79.9. The average molecular weight is 355 g/mol. The van der Waals surface area contributed by atoms with E-state index in [0.29, 0.717) is 28.6 Å². The minimum Gasteiger partial charge on any atom is -0.503 e. The quantitative estimate of drug-likeness (QED) is 0.901. The predicted octanol–water partition coefficient (Wildman–Crippen LogP) is 1.97. The van der Waals surface area contributed by atoms with Gasteiger partial charge in [0.15, 0.2) is 11.5 Å². The van der Waals surface area contributed by atoms with Crippen LogP contribution in [0.15, 0.2) is 16.6 Å². The molecule has 0 spiro atoms. The second kappa shape index (κ2) is 5.85. The molecule has 2 heterocycles. The van der Waals surface area contributed by atoms with Crippen LogP contribution in [0.4, 0.5) is 0 Å². The van der Waals surface area contributed by atoms with Crippen molar-refractivity contribution in [1.82, 2.24) is 9.80 Å². The zero-order chi connectivity index (χ0) is 15.0. The van der Waals surface area contributed by atoms with E-state index >= 15 is 0 Å². The standard InChI is InChI=1S/C15H19BrN2O3/c1-21-13-7-10(6-12(16)15(13)20)8-17-4-5-18-11(9-17)2-3-14(18)19/h6-7,11,20H,2-5,8-9H2,1H3. The van der Waals surface area contributed by atoms with E-state index in [1.54, 1.807) is 7.11 Å². The number of phenols is 1. The highest BCUT2D eigenvalue weighted by Crippen LogP contribution is 2.35. The van der Waals surface area contributed by atoms with Crippen LogP contribution in [-0.2, 0) is 11.3 Å². The van der Waals surface area contributed by atoms with Gasteiger partial charge in [-0.15, -0.1) is 0 Å². The van der Waals surface area contributed by atoms with Gasteiger partial charge >= 0.3 is 0 Å². The van der Waals surface area contributed by atoms with Gasteiger partial charge in [-0.2, -0.15) is 0 Å². The van der Waals surface area contributed by atoms with Gasteiger partial charge < -0.3 is 14.7 Å². The van der Waals surface area contributed by atoms with Crippen molar-refractivity contribution in [2.45, 2.75) is 25.4 Å². The van der Waals surface area contributed by atoms with E-state index < -0.39 is 0 Å². The fourth-order valence-electron chi connectivity index (χ4n) is 3.20. The number of benzene rings is 1. The Morgan fingerprint density at radius 1 is 1.43 bits per heavy atom. The van der Waals surface area contributed by atoms with Gasteiger partial charge in [0, 0.05) is 38.6 Å². The molecular formula is C15H19BrN2O3. The highest BCUT2D eigenvalue weighted by molar-refractivity contribution is 9.10. The van der Waals surface area contributed by atoms with Crippen LogP contribution in [0.1, 0.15) is 18.4 Å². The Bertz CT molecular complexity index is 564. The van der Waals surface area contributed by atoms with E-state index in [2.05, 4.69) is 20.8 Å². The molecular weight excluding hydrogens is 336 g/mol. The summed E-state index contributed by atoms with van der Waals surface area (Å²) < 4.78 is 5.83. The summed E-state index contributed by atoms with van der Waals surface area (Å²) in [4.78, 5) is 16.1. The van der Waals surface area contributed by atoms with Crippen LogP contribution in [0.5, 0.6) is 11.5 Å². The summed E-state index contributed by atoms with van der Waals surface area (Å²) in [5.74, 6) is 0.912. The number of hydrogen-bond donors (Lipinski definition) is 1. The van der Waals surface area contributed by atoms with Crippen LogP contribution in [0, 0.1) is 0 Å². The minimum absolute atomic E-state index is 0.132. The van der Waals surface area contributed by atoms with Gasteiger partial charge in [0.25, 0.3) is 0 Å². The number of carbonyl (C=O) groups is 1. The molecule has 1 atom stereocenters. The minimum atomic E-state index is 0.132. The first-order chi connectivity index (χ1) is 10.1. The molecule has 3 rings (SSSR count). The molecule has 2 saturated heterocycles. The Morgan fingerprint density at radius 2 is 2.24 bits per heavy atom. The molecule has 2 aliphatic rings. The highest BCUT2D eigenvalue weighted by Gasteiger charge is 2.35. The van der Waals surface area contributed by atoms with Gasteiger partial charge in [-0.25, -0.2) is 0 Å². The second-order valence-corrected chi connectivity index (χ2v) is 6.50. The molecule has 6 heteroatoms. The molecule has 1 amide bonds. The zero-order valence-corrected chi connectivity index (χ0v) is 13.6. The van der Waals surface area contributed by atoms with Crippen LogP contribution in [-0.4, -0.2) is 53.6 Å². The maximum absolute atomic E-state index is 11.7. The lowest BCUT2D eigenvalue weighted by atomic mass is 10.1. The van der Waals surface area contributed by atoms with E-state index in [1.165, 1.54) is 0 Å². The molecule has 0 aliphatic carbocycles. The lowest BCUT2D eigenvalue weighted by Crippen LogP contribution is -2.50. The first-order valence-corrected chi connectivity index (χ1v) is 7.95. The van der Waals surface area contributed by atoms with Crippen LogP contribution >= 0.6 is 15.9 Å². The van der Waals surface area contributed by atoms with Crippen molar-refractivity contribution in [2.75, 3.05) is 26.7 Å². The van der Waals surface area contributed by atoms with E-state index in [-0.39, 0.29) is 5.75 Å². The Balaban J connectivity index is 1.70.